The van der Waals surface area contributed by atoms with E-state index in [0.717, 1.165) is 19.3 Å². The van der Waals surface area contributed by atoms with Crippen LogP contribution in [0.1, 0.15) is 64.2 Å². The summed E-state index contributed by atoms with van der Waals surface area (Å²) in [5.41, 5.74) is 0. The summed E-state index contributed by atoms with van der Waals surface area (Å²) in [6.07, 6.45) is 9.71. The van der Waals surface area contributed by atoms with Gasteiger partial charge in [0.15, 0.2) is 0 Å². The van der Waals surface area contributed by atoms with Gasteiger partial charge in [0.05, 0.1) is 6.10 Å². The zero-order chi connectivity index (χ0) is 13.5. The van der Waals surface area contributed by atoms with Crippen molar-refractivity contribution in [1.82, 2.24) is 5.32 Å². The molecule has 1 amide bonds. The Kier molecular flexibility index (Phi) is 5.83. The molecule has 0 bridgehead atoms. The first-order chi connectivity index (χ1) is 9.25. The summed E-state index contributed by atoms with van der Waals surface area (Å²) in [4.78, 5) is 23.1. The van der Waals surface area contributed by atoms with E-state index >= 15 is 0 Å². The van der Waals surface area contributed by atoms with E-state index in [1.807, 2.05) is 0 Å². The van der Waals surface area contributed by atoms with Crippen molar-refractivity contribution >= 4 is 11.7 Å². The Morgan fingerprint density at radius 3 is 2.63 bits per heavy atom. The van der Waals surface area contributed by atoms with Gasteiger partial charge in [-0.05, 0) is 31.6 Å². The predicted molar refractivity (Wildman–Crippen MR) is 72.5 cm³/mol. The number of fused-ring (bicyclic) bond motifs is 1. The lowest BCUT2D eigenvalue weighted by Gasteiger charge is -2.07. The topological polar surface area (TPSA) is 55.4 Å². The molecule has 108 valence electrons. The van der Waals surface area contributed by atoms with Crippen molar-refractivity contribution in [1.29, 1.82) is 0 Å². The van der Waals surface area contributed by atoms with Crippen molar-refractivity contribution in [2.75, 3.05) is 6.73 Å². The molecule has 1 saturated carbocycles. The SMILES string of the molecule is O=C1CCCCCCC2CC2OCNC(=O)CCC1. The van der Waals surface area contributed by atoms with Gasteiger partial charge in [0.1, 0.15) is 12.5 Å². The van der Waals surface area contributed by atoms with Gasteiger partial charge in [-0.3, -0.25) is 9.59 Å². The number of ether oxygens (including phenoxy) is 1. The molecule has 0 spiro atoms. The number of amides is 1. The molecule has 1 aliphatic carbocycles. The molecule has 2 atom stereocenters. The van der Waals surface area contributed by atoms with Crippen LogP contribution in [0.4, 0.5) is 0 Å². The number of nitrogens with one attached hydrogen (secondary N) is 1. The molecule has 1 saturated heterocycles. The van der Waals surface area contributed by atoms with Crippen LogP contribution in [0.15, 0.2) is 0 Å². The van der Waals surface area contributed by atoms with Crippen LogP contribution in [0, 0.1) is 5.92 Å². The van der Waals surface area contributed by atoms with E-state index in [1.165, 1.54) is 19.3 Å². The van der Waals surface area contributed by atoms with Crippen molar-refractivity contribution in [2.24, 2.45) is 5.92 Å². The van der Waals surface area contributed by atoms with Crippen LogP contribution in [0.25, 0.3) is 0 Å². The first-order valence-electron chi connectivity index (χ1n) is 7.65. The lowest BCUT2D eigenvalue weighted by molar-refractivity contribution is -0.123. The highest BCUT2D eigenvalue weighted by Crippen LogP contribution is 2.37. The number of carbonyl (C=O) groups excluding carboxylic acids is 2. The Hall–Kier alpha value is -0.900. The first kappa shape index (κ1) is 14.5. The summed E-state index contributed by atoms with van der Waals surface area (Å²) in [7, 11) is 0. The van der Waals surface area contributed by atoms with Gasteiger partial charge in [0, 0.05) is 19.3 Å². The predicted octanol–water partition coefficient (Wildman–Crippen LogP) is 2.56. The molecule has 2 fully saturated rings. The fraction of sp³-hybridized carbons (Fsp3) is 0.867. The fourth-order valence-corrected chi connectivity index (χ4v) is 2.70. The molecule has 0 radical (unpaired) electrons. The Morgan fingerprint density at radius 1 is 0.947 bits per heavy atom. The van der Waals surface area contributed by atoms with Crippen LogP contribution in [0.2, 0.25) is 0 Å². The van der Waals surface area contributed by atoms with Crippen molar-refractivity contribution in [3.8, 4) is 0 Å². The smallest absolute Gasteiger partial charge is 0.221 e. The minimum absolute atomic E-state index is 0.00269. The maximum Gasteiger partial charge on any atom is 0.221 e. The summed E-state index contributed by atoms with van der Waals surface area (Å²) >= 11 is 0. The molecule has 1 N–H and O–H groups in total. The van der Waals surface area contributed by atoms with Crippen LogP contribution < -0.4 is 5.32 Å². The second-order valence-corrected chi connectivity index (χ2v) is 5.79. The third kappa shape index (κ3) is 5.72. The molecule has 4 nitrogen and oxygen atoms in total. The van der Waals surface area contributed by atoms with Crippen LogP contribution in [-0.4, -0.2) is 24.5 Å². The van der Waals surface area contributed by atoms with Gasteiger partial charge in [-0.25, -0.2) is 0 Å². The Balaban J connectivity index is 1.71. The standard InChI is InChI=1S/C15H25NO3/c17-13-7-4-2-1-3-6-12-10-14(12)19-11-16-15(18)9-5-8-13/h12,14H,1-11H2,(H,16,18). The largest absolute Gasteiger partial charge is 0.358 e. The first-order valence-corrected chi connectivity index (χ1v) is 7.65. The van der Waals surface area contributed by atoms with E-state index in [1.54, 1.807) is 0 Å². The minimum Gasteiger partial charge on any atom is -0.358 e. The third-order valence-electron chi connectivity index (χ3n) is 4.06. The van der Waals surface area contributed by atoms with Gasteiger partial charge >= 0.3 is 0 Å². The van der Waals surface area contributed by atoms with Crippen LogP contribution >= 0.6 is 0 Å². The quantitative estimate of drug-likeness (QED) is 0.734. The summed E-state index contributed by atoms with van der Waals surface area (Å²) in [6.45, 7) is 0.327. The summed E-state index contributed by atoms with van der Waals surface area (Å²) in [6, 6.07) is 0. The van der Waals surface area contributed by atoms with Crippen molar-refractivity contribution in [3.05, 3.63) is 0 Å². The van der Waals surface area contributed by atoms with E-state index < -0.39 is 0 Å². The zero-order valence-corrected chi connectivity index (χ0v) is 11.7. The van der Waals surface area contributed by atoms with Crippen LogP contribution in [0.3, 0.4) is 0 Å². The highest BCUT2D eigenvalue weighted by atomic mass is 16.5. The third-order valence-corrected chi connectivity index (χ3v) is 4.06. The lowest BCUT2D eigenvalue weighted by atomic mass is 10.0. The number of rotatable bonds is 0. The van der Waals surface area contributed by atoms with Gasteiger partial charge in [-0.15, -0.1) is 0 Å². The second-order valence-electron chi connectivity index (χ2n) is 5.79. The molecule has 1 heterocycles. The van der Waals surface area contributed by atoms with Crippen molar-refractivity contribution < 1.29 is 14.3 Å². The van der Waals surface area contributed by atoms with Crippen LogP contribution in [-0.2, 0) is 14.3 Å². The van der Waals surface area contributed by atoms with E-state index in [2.05, 4.69) is 5.32 Å². The number of carbonyl (C=O) groups is 2. The highest BCUT2D eigenvalue weighted by Gasteiger charge is 2.37. The lowest BCUT2D eigenvalue weighted by Crippen LogP contribution is -2.26. The summed E-state index contributed by atoms with van der Waals surface area (Å²) in [5.74, 6) is 1.00. The molecule has 0 aromatic carbocycles. The molecular formula is C15H25NO3. The maximum atomic E-state index is 11.6. The maximum absolute atomic E-state index is 11.6. The second kappa shape index (κ2) is 7.63. The molecular weight excluding hydrogens is 242 g/mol. The fourth-order valence-electron chi connectivity index (χ4n) is 2.70. The summed E-state index contributed by atoms with van der Waals surface area (Å²) in [5, 5.41) is 2.76. The van der Waals surface area contributed by atoms with Gasteiger partial charge in [-0.2, -0.15) is 0 Å². The van der Waals surface area contributed by atoms with Crippen LogP contribution in [0.5, 0.6) is 0 Å². The normalized spacial score (nSPS) is 31.4. The number of hydrogen-bond donors (Lipinski definition) is 1. The Labute approximate surface area is 115 Å². The number of hydrogen-bond acceptors (Lipinski definition) is 3. The van der Waals surface area contributed by atoms with E-state index in [9.17, 15) is 9.59 Å². The molecule has 19 heavy (non-hydrogen) atoms. The monoisotopic (exact) mass is 267 g/mol. The van der Waals surface area contributed by atoms with E-state index in [4.69, 9.17) is 4.74 Å². The molecule has 2 aliphatic rings. The zero-order valence-electron chi connectivity index (χ0n) is 11.7. The van der Waals surface area contributed by atoms with Crippen molar-refractivity contribution in [3.63, 3.8) is 0 Å². The molecule has 1 aliphatic heterocycles. The van der Waals surface area contributed by atoms with Crippen molar-refractivity contribution in [2.45, 2.75) is 70.3 Å². The molecule has 0 aromatic rings. The highest BCUT2D eigenvalue weighted by molar-refractivity contribution is 5.80. The molecule has 2 rings (SSSR count). The molecule has 0 aromatic heterocycles. The molecule has 4 heteroatoms. The number of ketones is 1. The van der Waals surface area contributed by atoms with E-state index in [-0.39, 0.29) is 5.91 Å². The average molecular weight is 267 g/mol. The number of Topliss-reactive ketones (excluding diaryl/α,β-unsaturated/α-hetero) is 1. The summed E-state index contributed by atoms with van der Waals surface area (Å²) < 4.78 is 5.61. The Morgan fingerprint density at radius 2 is 1.74 bits per heavy atom. The Bertz CT molecular complexity index is 317. The minimum atomic E-state index is -0.00269. The van der Waals surface area contributed by atoms with Gasteiger partial charge in [-0.1, -0.05) is 19.3 Å². The van der Waals surface area contributed by atoms with Gasteiger partial charge in [0.2, 0.25) is 5.91 Å². The molecule has 2 unspecified atom stereocenters. The average Bonchev–Trinajstić information content (AvgIpc) is 3.11. The van der Waals surface area contributed by atoms with Gasteiger partial charge in [0.25, 0.3) is 0 Å². The van der Waals surface area contributed by atoms with E-state index in [0.29, 0.717) is 50.2 Å². The van der Waals surface area contributed by atoms with Gasteiger partial charge < -0.3 is 10.1 Å².